The van der Waals surface area contributed by atoms with E-state index in [2.05, 4.69) is 10.0 Å². The summed E-state index contributed by atoms with van der Waals surface area (Å²) >= 11 is 0. The summed E-state index contributed by atoms with van der Waals surface area (Å²) in [7, 11) is -3.80. The number of benzene rings is 3. The number of sulfonamides is 1. The van der Waals surface area contributed by atoms with Crippen molar-refractivity contribution in [3.05, 3.63) is 89.5 Å². The van der Waals surface area contributed by atoms with Crippen LogP contribution in [-0.4, -0.2) is 37.6 Å². The van der Waals surface area contributed by atoms with Gasteiger partial charge in [-0.25, -0.2) is 8.42 Å². The van der Waals surface area contributed by atoms with E-state index in [1.807, 2.05) is 6.92 Å². The lowest BCUT2D eigenvalue weighted by Crippen LogP contribution is -2.37. The molecule has 0 aromatic heterocycles. The van der Waals surface area contributed by atoms with Gasteiger partial charge in [0.15, 0.2) is 0 Å². The molecule has 1 aliphatic rings. The minimum atomic E-state index is -3.80. The highest BCUT2D eigenvalue weighted by atomic mass is 32.2. The first-order valence-corrected chi connectivity index (χ1v) is 11.2. The van der Waals surface area contributed by atoms with Gasteiger partial charge in [0.05, 0.1) is 16.0 Å². The molecule has 1 aliphatic heterocycles. The van der Waals surface area contributed by atoms with Crippen molar-refractivity contribution in [1.29, 1.82) is 0 Å². The van der Waals surface area contributed by atoms with Crippen molar-refractivity contribution in [2.24, 2.45) is 0 Å². The zero-order valence-electron chi connectivity index (χ0n) is 17.0. The standard InChI is InChI=1S/C23H19N3O5S/c1-15-6-8-17(9-7-15)25-32(30,31)18-12-10-16(11-13-18)24-21(27)14-26-22(28)19-4-2-3-5-20(19)23(26)29/h2-13,25H,14H2,1H3,(H,24,27). The van der Waals surface area contributed by atoms with Crippen LogP contribution in [-0.2, 0) is 14.8 Å². The number of anilines is 2. The van der Waals surface area contributed by atoms with Gasteiger partial charge in [0.1, 0.15) is 6.54 Å². The van der Waals surface area contributed by atoms with Gasteiger partial charge in [0.2, 0.25) is 5.91 Å². The first-order valence-electron chi connectivity index (χ1n) is 9.69. The Kier molecular flexibility index (Phi) is 5.50. The summed E-state index contributed by atoms with van der Waals surface area (Å²) in [5.74, 6) is -1.62. The monoisotopic (exact) mass is 449 g/mol. The molecule has 3 aromatic carbocycles. The number of aryl methyl sites for hydroxylation is 1. The number of amides is 3. The Bertz CT molecular complexity index is 1280. The molecule has 9 heteroatoms. The summed E-state index contributed by atoms with van der Waals surface area (Å²) in [6.07, 6.45) is 0. The normalized spacial score (nSPS) is 13.1. The second-order valence-electron chi connectivity index (χ2n) is 7.29. The lowest BCUT2D eigenvalue weighted by molar-refractivity contribution is -0.116. The number of carbonyl (C=O) groups excluding carboxylic acids is 3. The van der Waals surface area contributed by atoms with E-state index in [9.17, 15) is 22.8 Å². The van der Waals surface area contributed by atoms with E-state index in [-0.39, 0.29) is 16.0 Å². The summed E-state index contributed by atoms with van der Waals surface area (Å²) in [6.45, 7) is 1.46. The van der Waals surface area contributed by atoms with Gasteiger partial charge in [-0.05, 0) is 55.5 Å². The molecule has 0 spiro atoms. The molecule has 1 heterocycles. The van der Waals surface area contributed by atoms with Crippen molar-refractivity contribution >= 4 is 39.1 Å². The van der Waals surface area contributed by atoms with Gasteiger partial charge in [-0.2, -0.15) is 0 Å². The summed E-state index contributed by atoms with van der Waals surface area (Å²) < 4.78 is 27.6. The molecule has 0 saturated carbocycles. The van der Waals surface area contributed by atoms with Crippen LogP contribution >= 0.6 is 0 Å². The van der Waals surface area contributed by atoms with Gasteiger partial charge in [-0.15, -0.1) is 0 Å². The fourth-order valence-electron chi connectivity index (χ4n) is 3.28. The number of hydrogen-bond acceptors (Lipinski definition) is 5. The molecule has 0 saturated heterocycles. The zero-order valence-corrected chi connectivity index (χ0v) is 17.8. The van der Waals surface area contributed by atoms with Gasteiger partial charge in [0.25, 0.3) is 21.8 Å². The Hall–Kier alpha value is -3.98. The van der Waals surface area contributed by atoms with Crippen molar-refractivity contribution < 1.29 is 22.8 Å². The number of hydrogen-bond donors (Lipinski definition) is 2. The van der Waals surface area contributed by atoms with E-state index in [1.54, 1.807) is 36.4 Å². The van der Waals surface area contributed by atoms with Gasteiger partial charge >= 0.3 is 0 Å². The highest BCUT2D eigenvalue weighted by Gasteiger charge is 2.36. The third kappa shape index (κ3) is 4.23. The molecular formula is C23H19N3O5S. The number of nitrogens with one attached hydrogen (secondary N) is 2. The molecule has 3 amide bonds. The largest absolute Gasteiger partial charge is 0.325 e. The maximum Gasteiger partial charge on any atom is 0.262 e. The number of nitrogens with zero attached hydrogens (tertiary/aromatic N) is 1. The second kappa shape index (κ2) is 8.27. The van der Waals surface area contributed by atoms with Crippen LogP contribution in [0.15, 0.2) is 77.7 Å². The smallest absolute Gasteiger partial charge is 0.262 e. The summed E-state index contributed by atoms with van der Waals surface area (Å²) in [5, 5.41) is 2.57. The van der Waals surface area contributed by atoms with Crippen LogP contribution in [0.4, 0.5) is 11.4 Å². The molecule has 0 atom stereocenters. The molecule has 3 aromatic rings. The van der Waals surface area contributed by atoms with E-state index in [1.165, 1.54) is 36.4 Å². The highest BCUT2D eigenvalue weighted by Crippen LogP contribution is 2.23. The van der Waals surface area contributed by atoms with E-state index in [0.29, 0.717) is 11.4 Å². The van der Waals surface area contributed by atoms with Gasteiger partial charge in [0, 0.05) is 11.4 Å². The SMILES string of the molecule is Cc1ccc(NS(=O)(=O)c2ccc(NC(=O)CN3C(=O)c4ccccc4C3=O)cc2)cc1. The summed E-state index contributed by atoms with van der Waals surface area (Å²) in [6, 6.07) is 18.9. The van der Waals surface area contributed by atoms with Gasteiger partial charge < -0.3 is 5.32 Å². The molecule has 0 radical (unpaired) electrons. The minimum Gasteiger partial charge on any atom is -0.325 e. The number of carbonyl (C=O) groups is 3. The van der Waals surface area contributed by atoms with Crippen molar-refractivity contribution in [3.63, 3.8) is 0 Å². The maximum absolute atomic E-state index is 12.6. The molecule has 32 heavy (non-hydrogen) atoms. The molecule has 4 rings (SSSR count). The van der Waals surface area contributed by atoms with Crippen LogP contribution in [0.25, 0.3) is 0 Å². The van der Waals surface area contributed by atoms with E-state index >= 15 is 0 Å². The third-order valence-electron chi connectivity index (χ3n) is 4.93. The van der Waals surface area contributed by atoms with Crippen LogP contribution in [0.5, 0.6) is 0 Å². The van der Waals surface area contributed by atoms with Crippen LogP contribution in [0, 0.1) is 6.92 Å². The Morgan fingerprint density at radius 2 is 1.34 bits per heavy atom. The predicted octanol–water partition coefficient (Wildman–Crippen LogP) is 3.03. The second-order valence-corrected chi connectivity index (χ2v) is 8.97. The van der Waals surface area contributed by atoms with Crippen LogP contribution in [0.1, 0.15) is 26.3 Å². The Morgan fingerprint density at radius 1 is 0.812 bits per heavy atom. The number of imide groups is 1. The van der Waals surface area contributed by atoms with Crippen molar-refractivity contribution in [1.82, 2.24) is 4.90 Å². The fourth-order valence-corrected chi connectivity index (χ4v) is 4.34. The van der Waals surface area contributed by atoms with Crippen LogP contribution in [0.2, 0.25) is 0 Å². The lowest BCUT2D eigenvalue weighted by atomic mass is 10.1. The molecule has 0 fully saturated rings. The molecular weight excluding hydrogens is 430 g/mol. The number of rotatable bonds is 6. The zero-order chi connectivity index (χ0) is 22.9. The quantitative estimate of drug-likeness (QED) is 0.562. The number of fused-ring (bicyclic) bond motifs is 1. The Labute approximate surface area is 184 Å². The molecule has 0 bridgehead atoms. The van der Waals surface area contributed by atoms with Crippen molar-refractivity contribution in [2.75, 3.05) is 16.6 Å². The van der Waals surface area contributed by atoms with E-state index in [4.69, 9.17) is 0 Å². The first kappa shape index (κ1) is 21.3. The van der Waals surface area contributed by atoms with Crippen molar-refractivity contribution in [2.45, 2.75) is 11.8 Å². The topological polar surface area (TPSA) is 113 Å². The van der Waals surface area contributed by atoms with Gasteiger partial charge in [-0.3, -0.25) is 24.0 Å². The molecule has 0 aliphatic carbocycles. The molecule has 2 N–H and O–H groups in total. The summed E-state index contributed by atoms with van der Waals surface area (Å²) in [4.78, 5) is 38.0. The molecule has 162 valence electrons. The average molecular weight is 449 g/mol. The van der Waals surface area contributed by atoms with E-state index in [0.717, 1.165) is 10.5 Å². The molecule has 8 nitrogen and oxygen atoms in total. The minimum absolute atomic E-state index is 0.0245. The van der Waals surface area contributed by atoms with E-state index < -0.39 is 34.3 Å². The first-order chi connectivity index (χ1) is 15.2. The maximum atomic E-state index is 12.6. The summed E-state index contributed by atoms with van der Waals surface area (Å²) in [5.41, 5.74) is 2.31. The average Bonchev–Trinajstić information content (AvgIpc) is 3.01. The highest BCUT2D eigenvalue weighted by molar-refractivity contribution is 7.92. The molecule has 0 unspecified atom stereocenters. The van der Waals surface area contributed by atoms with Crippen molar-refractivity contribution in [3.8, 4) is 0 Å². The van der Waals surface area contributed by atoms with Gasteiger partial charge in [-0.1, -0.05) is 29.8 Å². The predicted molar refractivity (Wildman–Crippen MR) is 119 cm³/mol. The fraction of sp³-hybridized carbons (Fsp3) is 0.0870. The third-order valence-corrected chi connectivity index (χ3v) is 6.33. The Balaban J connectivity index is 1.40. The van der Waals surface area contributed by atoms with Crippen LogP contribution in [0.3, 0.4) is 0 Å². The Morgan fingerprint density at radius 3 is 1.91 bits per heavy atom. The van der Waals surface area contributed by atoms with Crippen LogP contribution < -0.4 is 10.0 Å². The lowest BCUT2D eigenvalue weighted by Gasteiger charge is -2.14.